The molecule has 0 fully saturated rings. The van der Waals surface area contributed by atoms with Crippen LogP contribution in [0.15, 0.2) is 35.2 Å². The first-order valence-corrected chi connectivity index (χ1v) is 7.15. The van der Waals surface area contributed by atoms with Gasteiger partial charge in [0.2, 0.25) is 0 Å². The van der Waals surface area contributed by atoms with E-state index in [1.165, 1.54) is 4.90 Å². The van der Waals surface area contributed by atoms with Crippen LogP contribution in [0.2, 0.25) is 0 Å². The molecule has 0 bridgehead atoms. The average molecular weight is 258 g/mol. The first-order chi connectivity index (χ1) is 7.64. The monoisotopic (exact) mass is 257 g/mol. The minimum Gasteiger partial charge on any atom is -0.311 e. The molecule has 1 N–H and O–H groups in total. The topological polar surface area (TPSA) is 12.0 Å². The van der Waals surface area contributed by atoms with E-state index in [0.717, 1.165) is 18.7 Å². The Balaban J connectivity index is 2.17. The van der Waals surface area contributed by atoms with Gasteiger partial charge in [0.15, 0.2) is 0 Å². The largest absolute Gasteiger partial charge is 0.311 e. The second kappa shape index (κ2) is 7.21. The van der Waals surface area contributed by atoms with Gasteiger partial charge in [-0.25, -0.2) is 0 Å². The van der Waals surface area contributed by atoms with E-state index in [1.54, 1.807) is 0 Å². The van der Waals surface area contributed by atoms with Crippen molar-refractivity contribution in [1.29, 1.82) is 0 Å². The Bertz CT molecular complexity index is 287. The van der Waals surface area contributed by atoms with Gasteiger partial charge in [-0.1, -0.05) is 18.2 Å². The lowest BCUT2D eigenvalue weighted by molar-refractivity contribution is 0.390. The molecule has 90 valence electrons. The molecule has 16 heavy (non-hydrogen) atoms. The van der Waals surface area contributed by atoms with Gasteiger partial charge < -0.3 is 5.32 Å². The van der Waals surface area contributed by atoms with E-state index in [-0.39, 0.29) is 5.54 Å². The lowest BCUT2D eigenvalue weighted by atomic mass is 10.0. The fourth-order valence-corrected chi connectivity index (χ4v) is 2.66. The van der Waals surface area contributed by atoms with Crippen molar-refractivity contribution in [2.75, 3.05) is 18.2 Å². The zero-order valence-electron chi connectivity index (χ0n) is 10.0. The quantitative estimate of drug-likeness (QED) is 0.453. The summed E-state index contributed by atoms with van der Waals surface area (Å²) in [5, 5.41) is 3.52. The number of thioether (sulfide) groups is 1. The maximum Gasteiger partial charge on any atom is 0.0240 e. The number of alkyl halides is 1. The molecule has 0 saturated carbocycles. The SMILES string of the molecule is CC(C)(CCCl)NCCSc1ccccc1. The smallest absolute Gasteiger partial charge is 0.0240 e. The number of halogens is 1. The summed E-state index contributed by atoms with van der Waals surface area (Å²) in [6.07, 6.45) is 1.00. The molecule has 0 aliphatic carbocycles. The highest BCUT2D eigenvalue weighted by Crippen LogP contribution is 2.16. The Hall–Kier alpha value is -0.180. The molecular formula is C13H20ClNS. The summed E-state index contributed by atoms with van der Waals surface area (Å²) in [6.45, 7) is 5.41. The van der Waals surface area contributed by atoms with E-state index in [0.29, 0.717) is 5.88 Å². The van der Waals surface area contributed by atoms with Crippen molar-refractivity contribution in [3.63, 3.8) is 0 Å². The Morgan fingerprint density at radius 1 is 1.25 bits per heavy atom. The van der Waals surface area contributed by atoms with Crippen molar-refractivity contribution in [1.82, 2.24) is 5.32 Å². The van der Waals surface area contributed by atoms with E-state index >= 15 is 0 Å². The Morgan fingerprint density at radius 2 is 1.94 bits per heavy atom. The van der Waals surface area contributed by atoms with Crippen LogP contribution in [-0.4, -0.2) is 23.7 Å². The highest BCUT2D eigenvalue weighted by Gasteiger charge is 2.14. The van der Waals surface area contributed by atoms with Crippen LogP contribution in [-0.2, 0) is 0 Å². The highest BCUT2D eigenvalue weighted by molar-refractivity contribution is 7.99. The lowest BCUT2D eigenvalue weighted by Gasteiger charge is -2.25. The predicted octanol–water partition coefficient (Wildman–Crippen LogP) is 3.78. The molecule has 0 spiro atoms. The molecule has 0 unspecified atom stereocenters. The fraction of sp³-hybridized carbons (Fsp3) is 0.538. The predicted molar refractivity (Wildman–Crippen MR) is 74.6 cm³/mol. The van der Waals surface area contributed by atoms with Crippen LogP contribution in [0.3, 0.4) is 0 Å². The van der Waals surface area contributed by atoms with Gasteiger partial charge in [0.25, 0.3) is 0 Å². The highest BCUT2D eigenvalue weighted by atomic mass is 35.5. The van der Waals surface area contributed by atoms with E-state index in [9.17, 15) is 0 Å². The Morgan fingerprint density at radius 3 is 2.56 bits per heavy atom. The minimum atomic E-state index is 0.152. The van der Waals surface area contributed by atoms with Crippen LogP contribution in [0, 0.1) is 0 Å². The summed E-state index contributed by atoms with van der Waals surface area (Å²) in [5.74, 6) is 1.81. The summed E-state index contributed by atoms with van der Waals surface area (Å²) in [5.41, 5.74) is 0.152. The van der Waals surface area contributed by atoms with Crippen molar-refractivity contribution in [3.8, 4) is 0 Å². The molecule has 1 aromatic rings. The molecule has 0 saturated heterocycles. The van der Waals surface area contributed by atoms with Crippen molar-refractivity contribution in [3.05, 3.63) is 30.3 Å². The van der Waals surface area contributed by atoms with Gasteiger partial charge in [0.1, 0.15) is 0 Å². The summed E-state index contributed by atoms with van der Waals surface area (Å²) >= 11 is 7.63. The third-order valence-electron chi connectivity index (χ3n) is 2.44. The summed E-state index contributed by atoms with van der Waals surface area (Å²) in [7, 11) is 0. The normalized spacial score (nSPS) is 11.7. The van der Waals surface area contributed by atoms with Gasteiger partial charge >= 0.3 is 0 Å². The third kappa shape index (κ3) is 5.78. The number of benzene rings is 1. The first kappa shape index (κ1) is 13.9. The van der Waals surface area contributed by atoms with Gasteiger partial charge in [0, 0.05) is 28.6 Å². The molecule has 3 heteroatoms. The standard InChI is InChI=1S/C13H20ClNS/c1-13(2,8-9-14)15-10-11-16-12-6-4-3-5-7-12/h3-7,15H,8-11H2,1-2H3. The summed E-state index contributed by atoms with van der Waals surface area (Å²) in [4.78, 5) is 1.33. The van der Waals surface area contributed by atoms with Crippen LogP contribution in [0.1, 0.15) is 20.3 Å². The molecule has 0 heterocycles. The molecule has 0 aromatic heterocycles. The van der Waals surface area contributed by atoms with Crippen molar-refractivity contribution >= 4 is 23.4 Å². The van der Waals surface area contributed by atoms with Gasteiger partial charge in [-0.05, 0) is 32.4 Å². The van der Waals surface area contributed by atoms with Crippen molar-refractivity contribution < 1.29 is 0 Å². The van der Waals surface area contributed by atoms with E-state index in [1.807, 2.05) is 17.8 Å². The lowest BCUT2D eigenvalue weighted by Crippen LogP contribution is -2.40. The second-order valence-corrected chi connectivity index (χ2v) is 5.96. The molecule has 0 amide bonds. The van der Waals surface area contributed by atoms with E-state index in [4.69, 9.17) is 11.6 Å². The van der Waals surface area contributed by atoms with Crippen molar-refractivity contribution in [2.45, 2.75) is 30.7 Å². The fourth-order valence-electron chi connectivity index (χ4n) is 1.40. The average Bonchev–Trinajstić information content (AvgIpc) is 2.26. The van der Waals surface area contributed by atoms with Crippen LogP contribution >= 0.6 is 23.4 Å². The molecule has 0 aliphatic heterocycles. The zero-order valence-corrected chi connectivity index (χ0v) is 11.6. The second-order valence-electron chi connectivity index (χ2n) is 4.41. The van der Waals surface area contributed by atoms with Gasteiger partial charge in [-0.3, -0.25) is 0 Å². The zero-order chi connectivity index (χ0) is 11.9. The van der Waals surface area contributed by atoms with E-state index < -0.39 is 0 Å². The number of hydrogen-bond acceptors (Lipinski definition) is 2. The molecule has 1 nitrogen and oxygen atoms in total. The van der Waals surface area contributed by atoms with Gasteiger partial charge in [0.05, 0.1) is 0 Å². The Labute approximate surface area is 108 Å². The van der Waals surface area contributed by atoms with Crippen LogP contribution in [0.25, 0.3) is 0 Å². The first-order valence-electron chi connectivity index (χ1n) is 5.63. The molecule has 1 rings (SSSR count). The molecule has 1 aromatic carbocycles. The molecular weight excluding hydrogens is 238 g/mol. The number of rotatable bonds is 7. The maximum absolute atomic E-state index is 5.75. The van der Waals surface area contributed by atoms with Crippen LogP contribution in [0.5, 0.6) is 0 Å². The molecule has 0 aliphatic rings. The van der Waals surface area contributed by atoms with Crippen molar-refractivity contribution in [2.24, 2.45) is 0 Å². The van der Waals surface area contributed by atoms with Crippen LogP contribution < -0.4 is 5.32 Å². The maximum atomic E-state index is 5.75. The molecule has 0 atom stereocenters. The Kier molecular flexibility index (Phi) is 6.25. The molecule has 0 radical (unpaired) electrons. The van der Waals surface area contributed by atoms with E-state index in [2.05, 4.69) is 43.4 Å². The van der Waals surface area contributed by atoms with Gasteiger partial charge in [-0.15, -0.1) is 23.4 Å². The number of hydrogen-bond donors (Lipinski definition) is 1. The number of nitrogens with one attached hydrogen (secondary N) is 1. The summed E-state index contributed by atoms with van der Waals surface area (Å²) < 4.78 is 0. The van der Waals surface area contributed by atoms with Crippen LogP contribution in [0.4, 0.5) is 0 Å². The third-order valence-corrected chi connectivity index (χ3v) is 3.64. The van der Waals surface area contributed by atoms with Gasteiger partial charge in [-0.2, -0.15) is 0 Å². The minimum absolute atomic E-state index is 0.152. The summed E-state index contributed by atoms with van der Waals surface area (Å²) in [6, 6.07) is 10.5.